The minimum Gasteiger partial charge on any atom is -0.494 e. The second-order valence-electron chi connectivity index (χ2n) is 3.61. The monoisotopic (exact) mass is 245 g/mol. The first-order valence-corrected chi connectivity index (χ1v) is 5.64. The minimum absolute atomic E-state index is 0.186. The molecule has 2 N–H and O–H groups in total. The molecule has 0 aliphatic heterocycles. The number of hydrogen-bond donors (Lipinski definition) is 1. The number of ether oxygens (including phenoxy) is 2. The Bertz CT molecular complexity index is 544. The number of benzene rings is 1. The first-order chi connectivity index (χ1) is 8.72. The van der Waals surface area contributed by atoms with Crippen molar-refractivity contribution in [3.8, 4) is 22.9 Å². The van der Waals surface area contributed by atoms with Crippen molar-refractivity contribution in [2.24, 2.45) is 0 Å². The van der Waals surface area contributed by atoms with Crippen LogP contribution in [0.1, 0.15) is 6.92 Å². The summed E-state index contributed by atoms with van der Waals surface area (Å²) in [6.45, 7) is 2.57. The van der Waals surface area contributed by atoms with E-state index in [0.717, 1.165) is 11.3 Å². The Balaban J connectivity index is 2.41. The van der Waals surface area contributed by atoms with Gasteiger partial charge in [0.15, 0.2) is 0 Å². The Kier molecular flexibility index (Phi) is 3.62. The molecular formula is C13H15N3O2. The van der Waals surface area contributed by atoms with Gasteiger partial charge < -0.3 is 15.2 Å². The molecule has 0 atom stereocenters. The van der Waals surface area contributed by atoms with E-state index < -0.39 is 0 Å². The highest BCUT2D eigenvalue weighted by Gasteiger charge is 2.06. The standard InChI is InChI=1S/C13H15N3O2/c1-3-18-10-6-4-5-9(7-10)11-8-12(17-2)16-13(14)15-11/h4-8H,3H2,1-2H3,(H2,14,15,16). The van der Waals surface area contributed by atoms with E-state index in [9.17, 15) is 0 Å². The molecule has 0 aliphatic carbocycles. The SMILES string of the molecule is CCOc1cccc(-c2cc(OC)nc(N)n2)c1. The van der Waals surface area contributed by atoms with Gasteiger partial charge >= 0.3 is 0 Å². The summed E-state index contributed by atoms with van der Waals surface area (Å²) < 4.78 is 10.5. The van der Waals surface area contributed by atoms with Crippen LogP contribution in [0.25, 0.3) is 11.3 Å². The molecular weight excluding hydrogens is 230 g/mol. The van der Waals surface area contributed by atoms with Gasteiger partial charge in [0.05, 0.1) is 19.4 Å². The fourth-order valence-electron chi connectivity index (χ4n) is 1.61. The van der Waals surface area contributed by atoms with Crippen molar-refractivity contribution in [2.75, 3.05) is 19.5 Å². The van der Waals surface area contributed by atoms with E-state index in [1.807, 2.05) is 31.2 Å². The average Bonchev–Trinajstić information content (AvgIpc) is 2.39. The second kappa shape index (κ2) is 5.35. The maximum Gasteiger partial charge on any atom is 0.223 e. The van der Waals surface area contributed by atoms with Crippen molar-refractivity contribution in [3.05, 3.63) is 30.3 Å². The molecule has 5 nitrogen and oxygen atoms in total. The quantitative estimate of drug-likeness (QED) is 0.893. The van der Waals surface area contributed by atoms with Crippen LogP contribution in [0.4, 0.5) is 5.95 Å². The van der Waals surface area contributed by atoms with Crippen LogP contribution in [0.5, 0.6) is 11.6 Å². The molecule has 0 radical (unpaired) electrons. The molecule has 0 unspecified atom stereocenters. The Labute approximate surface area is 106 Å². The zero-order valence-electron chi connectivity index (χ0n) is 10.4. The highest BCUT2D eigenvalue weighted by atomic mass is 16.5. The summed E-state index contributed by atoms with van der Waals surface area (Å²) in [5, 5.41) is 0. The molecule has 2 aromatic rings. The first kappa shape index (κ1) is 12.2. The number of rotatable bonds is 4. The number of nitrogens with two attached hydrogens (primary N) is 1. The largest absolute Gasteiger partial charge is 0.494 e. The third-order valence-electron chi connectivity index (χ3n) is 2.37. The molecule has 94 valence electrons. The van der Waals surface area contributed by atoms with E-state index in [4.69, 9.17) is 15.2 Å². The third kappa shape index (κ3) is 2.68. The topological polar surface area (TPSA) is 70.3 Å². The highest BCUT2D eigenvalue weighted by Crippen LogP contribution is 2.25. The van der Waals surface area contributed by atoms with Crippen molar-refractivity contribution in [3.63, 3.8) is 0 Å². The first-order valence-electron chi connectivity index (χ1n) is 5.64. The van der Waals surface area contributed by atoms with Crippen LogP contribution >= 0.6 is 0 Å². The van der Waals surface area contributed by atoms with Crippen LogP contribution in [-0.2, 0) is 0 Å². The maximum absolute atomic E-state index is 5.64. The molecule has 0 spiro atoms. The van der Waals surface area contributed by atoms with Gasteiger partial charge in [0.1, 0.15) is 5.75 Å². The number of hydrogen-bond acceptors (Lipinski definition) is 5. The summed E-state index contributed by atoms with van der Waals surface area (Å²) >= 11 is 0. The van der Waals surface area contributed by atoms with Crippen molar-refractivity contribution in [1.29, 1.82) is 0 Å². The van der Waals surface area contributed by atoms with Crippen molar-refractivity contribution in [1.82, 2.24) is 9.97 Å². The summed E-state index contributed by atoms with van der Waals surface area (Å²) in [6.07, 6.45) is 0. The number of methoxy groups -OCH3 is 1. The van der Waals surface area contributed by atoms with Crippen LogP contribution in [-0.4, -0.2) is 23.7 Å². The van der Waals surface area contributed by atoms with Gasteiger partial charge in [-0.3, -0.25) is 0 Å². The van der Waals surface area contributed by atoms with Gasteiger partial charge in [-0.25, -0.2) is 4.98 Å². The molecule has 0 aliphatic rings. The highest BCUT2D eigenvalue weighted by molar-refractivity contribution is 5.63. The lowest BCUT2D eigenvalue weighted by Crippen LogP contribution is -1.99. The fraction of sp³-hybridized carbons (Fsp3) is 0.231. The summed E-state index contributed by atoms with van der Waals surface area (Å²) in [6, 6.07) is 9.38. The van der Waals surface area contributed by atoms with Gasteiger partial charge in [-0.15, -0.1) is 0 Å². The summed E-state index contributed by atoms with van der Waals surface area (Å²) in [5.41, 5.74) is 7.26. The predicted octanol–water partition coefficient (Wildman–Crippen LogP) is 2.13. The third-order valence-corrected chi connectivity index (χ3v) is 2.37. The van der Waals surface area contributed by atoms with E-state index in [0.29, 0.717) is 18.2 Å². The van der Waals surface area contributed by atoms with Gasteiger partial charge in [-0.05, 0) is 19.1 Å². The lowest BCUT2D eigenvalue weighted by Gasteiger charge is -2.07. The number of nitrogen functional groups attached to an aromatic ring is 1. The Hall–Kier alpha value is -2.30. The van der Waals surface area contributed by atoms with E-state index in [-0.39, 0.29) is 5.95 Å². The van der Waals surface area contributed by atoms with E-state index in [2.05, 4.69) is 9.97 Å². The molecule has 0 amide bonds. The number of anilines is 1. The molecule has 0 saturated carbocycles. The molecule has 0 fully saturated rings. The molecule has 2 rings (SSSR count). The van der Waals surface area contributed by atoms with Gasteiger partial charge in [-0.2, -0.15) is 4.98 Å². The lowest BCUT2D eigenvalue weighted by atomic mass is 10.1. The zero-order valence-corrected chi connectivity index (χ0v) is 10.4. The second-order valence-corrected chi connectivity index (χ2v) is 3.61. The molecule has 1 heterocycles. The number of aromatic nitrogens is 2. The Morgan fingerprint density at radius 3 is 2.78 bits per heavy atom. The van der Waals surface area contributed by atoms with Crippen molar-refractivity contribution < 1.29 is 9.47 Å². The van der Waals surface area contributed by atoms with Crippen LogP contribution in [0.2, 0.25) is 0 Å². The average molecular weight is 245 g/mol. The Morgan fingerprint density at radius 2 is 2.06 bits per heavy atom. The lowest BCUT2D eigenvalue weighted by molar-refractivity contribution is 0.340. The fourth-order valence-corrected chi connectivity index (χ4v) is 1.61. The summed E-state index contributed by atoms with van der Waals surface area (Å²) in [4.78, 5) is 8.13. The predicted molar refractivity (Wildman–Crippen MR) is 69.6 cm³/mol. The molecule has 1 aromatic carbocycles. The van der Waals surface area contributed by atoms with Crippen LogP contribution in [0.3, 0.4) is 0 Å². The van der Waals surface area contributed by atoms with Crippen molar-refractivity contribution in [2.45, 2.75) is 6.92 Å². The van der Waals surface area contributed by atoms with Crippen molar-refractivity contribution >= 4 is 5.95 Å². The molecule has 18 heavy (non-hydrogen) atoms. The number of nitrogens with zero attached hydrogens (tertiary/aromatic N) is 2. The smallest absolute Gasteiger partial charge is 0.223 e. The summed E-state index contributed by atoms with van der Waals surface area (Å²) in [7, 11) is 1.54. The van der Waals surface area contributed by atoms with Gasteiger partial charge in [0.2, 0.25) is 11.8 Å². The van der Waals surface area contributed by atoms with Gasteiger partial charge in [-0.1, -0.05) is 12.1 Å². The van der Waals surface area contributed by atoms with Crippen LogP contribution in [0, 0.1) is 0 Å². The van der Waals surface area contributed by atoms with Gasteiger partial charge in [0.25, 0.3) is 0 Å². The normalized spacial score (nSPS) is 10.1. The maximum atomic E-state index is 5.64. The molecule has 5 heteroatoms. The zero-order chi connectivity index (χ0) is 13.0. The van der Waals surface area contributed by atoms with Crippen LogP contribution in [0.15, 0.2) is 30.3 Å². The molecule has 0 bridgehead atoms. The minimum atomic E-state index is 0.186. The molecule has 0 saturated heterocycles. The van der Waals surface area contributed by atoms with E-state index in [1.165, 1.54) is 0 Å². The Morgan fingerprint density at radius 1 is 1.22 bits per heavy atom. The van der Waals surface area contributed by atoms with Gasteiger partial charge in [0, 0.05) is 11.6 Å². The van der Waals surface area contributed by atoms with E-state index >= 15 is 0 Å². The van der Waals surface area contributed by atoms with Crippen LogP contribution < -0.4 is 15.2 Å². The van der Waals surface area contributed by atoms with E-state index in [1.54, 1.807) is 13.2 Å². The molecule has 1 aromatic heterocycles. The summed E-state index contributed by atoms with van der Waals surface area (Å²) in [5.74, 6) is 1.43.